The van der Waals surface area contributed by atoms with E-state index >= 15 is 0 Å². The van der Waals surface area contributed by atoms with Crippen LogP contribution in [-0.4, -0.2) is 45.9 Å². The maximum Gasteiger partial charge on any atom is 0.345 e. The number of aliphatic carboxylic acids is 1. The maximum atomic E-state index is 10.9. The van der Waals surface area contributed by atoms with Gasteiger partial charge in [-0.25, -0.2) is 9.59 Å². The van der Waals surface area contributed by atoms with Crippen LogP contribution in [0.4, 0.5) is 0 Å². The molecule has 0 radical (unpaired) electrons. The van der Waals surface area contributed by atoms with Crippen LogP contribution in [0.15, 0.2) is 12.2 Å². The summed E-state index contributed by atoms with van der Waals surface area (Å²) in [7, 11) is 0. The van der Waals surface area contributed by atoms with Gasteiger partial charge in [-0.05, 0) is 0 Å². The molecule has 0 rings (SSSR count). The fraction of sp³-hybridized carbons (Fsp3) is 0.375. The Kier molecular flexibility index (Phi) is 5.21. The van der Waals surface area contributed by atoms with Gasteiger partial charge in [0.15, 0.2) is 6.10 Å². The van der Waals surface area contributed by atoms with Crippen molar-refractivity contribution in [3.63, 3.8) is 0 Å². The number of ether oxygens (including phenoxy) is 1. The Hall–Kier alpha value is -1.73. The largest absolute Gasteiger partial charge is 0.481 e. The van der Waals surface area contributed by atoms with Crippen LogP contribution >= 0.6 is 0 Å². The third-order valence-electron chi connectivity index (χ3n) is 1.29. The Morgan fingerprint density at radius 1 is 1.33 bits per heavy atom. The molecule has 1 unspecified atom stereocenters. The molecule has 7 nitrogen and oxygen atoms in total. The number of carbonyl (C=O) groups excluding carboxylic acids is 2. The van der Waals surface area contributed by atoms with Crippen LogP contribution in [0.2, 0.25) is 0 Å². The van der Waals surface area contributed by atoms with Gasteiger partial charge in [0.05, 0.1) is 13.0 Å². The Bertz CT molecular complexity index is 293. The molecular formula is C8H10O7. The lowest BCUT2D eigenvalue weighted by Gasteiger charge is -2.06. The summed E-state index contributed by atoms with van der Waals surface area (Å²) in [6, 6.07) is 0. The molecule has 0 aromatic heterocycles. The second kappa shape index (κ2) is 5.89. The number of aliphatic hydroxyl groups is 2. The highest BCUT2D eigenvalue weighted by Gasteiger charge is 2.21. The standard InChI is InChI=1S/C8H10O7/c1-4(2-6(11)12)7(13)15-8(14)5(10)3-9/h5,9-10H,1-3H2,(H,11,12). The van der Waals surface area contributed by atoms with Crippen molar-refractivity contribution in [1.29, 1.82) is 0 Å². The zero-order chi connectivity index (χ0) is 12.0. The summed E-state index contributed by atoms with van der Waals surface area (Å²) in [6.07, 6.45) is -2.49. The molecule has 84 valence electrons. The third kappa shape index (κ3) is 4.89. The van der Waals surface area contributed by atoms with E-state index in [0.717, 1.165) is 0 Å². The number of carbonyl (C=O) groups is 3. The van der Waals surface area contributed by atoms with Gasteiger partial charge in [-0.3, -0.25) is 4.79 Å². The first kappa shape index (κ1) is 13.3. The Labute approximate surface area is 84.6 Å². The first-order chi connectivity index (χ1) is 6.88. The lowest BCUT2D eigenvalue weighted by atomic mass is 10.2. The molecule has 7 heteroatoms. The molecule has 0 aliphatic heterocycles. The number of carboxylic acids is 1. The van der Waals surface area contributed by atoms with Gasteiger partial charge in [0.1, 0.15) is 0 Å². The molecule has 0 bridgehead atoms. The van der Waals surface area contributed by atoms with E-state index in [4.69, 9.17) is 15.3 Å². The van der Waals surface area contributed by atoms with Gasteiger partial charge in [0.25, 0.3) is 0 Å². The monoisotopic (exact) mass is 218 g/mol. The summed E-state index contributed by atoms with van der Waals surface area (Å²) in [4.78, 5) is 31.8. The predicted octanol–water partition coefficient (Wildman–Crippen LogP) is -1.56. The summed E-state index contributed by atoms with van der Waals surface area (Å²) in [5.74, 6) is -3.89. The van der Waals surface area contributed by atoms with Crippen LogP contribution in [0.5, 0.6) is 0 Å². The van der Waals surface area contributed by atoms with Gasteiger partial charge < -0.3 is 20.1 Å². The van der Waals surface area contributed by atoms with Gasteiger partial charge in [0, 0.05) is 5.57 Å². The molecule has 3 N–H and O–H groups in total. The average Bonchev–Trinajstić information content (AvgIpc) is 2.15. The van der Waals surface area contributed by atoms with E-state index in [1.54, 1.807) is 0 Å². The highest BCUT2D eigenvalue weighted by molar-refractivity contribution is 5.99. The van der Waals surface area contributed by atoms with Crippen LogP contribution in [0.1, 0.15) is 6.42 Å². The molecule has 0 aliphatic rings. The van der Waals surface area contributed by atoms with E-state index < -0.39 is 42.6 Å². The van der Waals surface area contributed by atoms with Gasteiger partial charge in [0.2, 0.25) is 0 Å². The molecule has 0 heterocycles. The van der Waals surface area contributed by atoms with Crippen LogP contribution < -0.4 is 0 Å². The minimum atomic E-state index is -1.83. The van der Waals surface area contributed by atoms with Crippen molar-refractivity contribution in [2.45, 2.75) is 12.5 Å². The van der Waals surface area contributed by atoms with Gasteiger partial charge >= 0.3 is 17.9 Å². The number of hydrogen-bond donors (Lipinski definition) is 3. The smallest absolute Gasteiger partial charge is 0.345 e. The lowest BCUT2D eigenvalue weighted by Crippen LogP contribution is -2.29. The molecule has 0 aromatic rings. The zero-order valence-electron chi connectivity index (χ0n) is 7.67. The van der Waals surface area contributed by atoms with E-state index in [1.165, 1.54) is 0 Å². The van der Waals surface area contributed by atoms with E-state index in [-0.39, 0.29) is 0 Å². The normalized spacial score (nSPS) is 11.6. The van der Waals surface area contributed by atoms with Crippen molar-refractivity contribution < 1.29 is 34.4 Å². The van der Waals surface area contributed by atoms with E-state index in [2.05, 4.69) is 11.3 Å². The first-order valence-electron chi connectivity index (χ1n) is 3.83. The minimum Gasteiger partial charge on any atom is -0.481 e. The predicted molar refractivity (Wildman–Crippen MR) is 45.6 cm³/mol. The number of carboxylic acid groups (broad SMARTS) is 1. The number of aliphatic hydroxyl groups excluding tert-OH is 2. The molecule has 0 saturated heterocycles. The van der Waals surface area contributed by atoms with Gasteiger partial charge in [-0.15, -0.1) is 0 Å². The van der Waals surface area contributed by atoms with E-state index in [1.807, 2.05) is 0 Å². The Balaban J connectivity index is 4.19. The highest BCUT2D eigenvalue weighted by atomic mass is 16.6. The number of hydrogen-bond acceptors (Lipinski definition) is 6. The summed E-state index contributed by atoms with van der Waals surface area (Å²) < 4.78 is 4.01. The molecule has 0 saturated carbocycles. The van der Waals surface area contributed by atoms with Crippen molar-refractivity contribution in [3.05, 3.63) is 12.2 Å². The fourth-order valence-electron chi connectivity index (χ4n) is 0.561. The lowest BCUT2D eigenvalue weighted by molar-refractivity contribution is -0.165. The third-order valence-corrected chi connectivity index (χ3v) is 1.29. The zero-order valence-corrected chi connectivity index (χ0v) is 7.67. The maximum absolute atomic E-state index is 10.9. The minimum absolute atomic E-state index is 0.430. The van der Waals surface area contributed by atoms with Crippen molar-refractivity contribution in [3.8, 4) is 0 Å². The topological polar surface area (TPSA) is 121 Å². The second-order valence-electron chi connectivity index (χ2n) is 2.58. The molecule has 0 fully saturated rings. The van der Waals surface area contributed by atoms with E-state index in [9.17, 15) is 14.4 Å². The highest BCUT2D eigenvalue weighted by Crippen LogP contribution is 2.02. The summed E-state index contributed by atoms with van der Waals surface area (Å²) in [5.41, 5.74) is -0.430. The Morgan fingerprint density at radius 3 is 2.27 bits per heavy atom. The second-order valence-corrected chi connectivity index (χ2v) is 2.58. The van der Waals surface area contributed by atoms with Crippen molar-refractivity contribution in [1.82, 2.24) is 0 Å². The van der Waals surface area contributed by atoms with Gasteiger partial charge in [-0.1, -0.05) is 6.58 Å². The fourth-order valence-corrected chi connectivity index (χ4v) is 0.561. The quantitative estimate of drug-likeness (QED) is 0.290. The summed E-state index contributed by atoms with van der Waals surface area (Å²) in [5, 5.41) is 25.3. The van der Waals surface area contributed by atoms with Crippen LogP contribution in [-0.2, 0) is 19.1 Å². The molecule has 1 atom stereocenters. The SMILES string of the molecule is C=C(CC(=O)O)C(=O)OC(=O)C(O)CO. The number of rotatable bonds is 5. The summed E-state index contributed by atoms with van der Waals surface area (Å²) in [6.45, 7) is 2.19. The first-order valence-corrected chi connectivity index (χ1v) is 3.83. The Morgan fingerprint density at radius 2 is 1.87 bits per heavy atom. The van der Waals surface area contributed by atoms with Crippen molar-refractivity contribution in [2.24, 2.45) is 0 Å². The molecule has 0 spiro atoms. The van der Waals surface area contributed by atoms with Crippen LogP contribution in [0.25, 0.3) is 0 Å². The van der Waals surface area contributed by atoms with Crippen LogP contribution in [0.3, 0.4) is 0 Å². The molecular weight excluding hydrogens is 208 g/mol. The van der Waals surface area contributed by atoms with Crippen molar-refractivity contribution >= 4 is 17.9 Å². The van der Waals surface area contributed by atoms with Crippen molar-refractivity contribution in [2.75, 3.05) is 6.61 Å². The van der Waals surface area contributed by atoms with E-state index in [0.29, 0.717) is 0 Å². The molecule has 0 aliphatic carbocycles. The average molecular weight is 218 g/mol. The summed E-state index contributed by atoms with van der Waals surface area (Å²) >= 11 is 0. The van der Waals surface area contributed by atoms with Crippen LogP contribution in [0, 0.1) is 0 Å². The number of esters is 2. The molecule has 0 aromatic carbocycles. The van der Waals surface area contributed by atoms with Gasteiger partial charge in [-0.2, -0.15) is 0 Å². The molecule has 0 amide bonds. The molecule has 15 heavy (non-hydrogen) atoms.